The van der Waals surface area contributed by atoms with Gasteiger partial charge in [-0.3, -0.25) is 0 Å². The molecule has 21 heavy (non-hydrogen) atoms. The first kappa shape index (κ1) is 16.0. The minimum atomic E-state index is -0.259. The third kappa shape index (κ3) is 3.63. The van der Waals surface area contributed by atoms with Crippen LogP contribution in [0, 0.1) is 0 Å². The van der Waals surface area contributed by atoms with Crippen molar-refractivity contribution in [2.45, 2.75) is 39.7 Å². The van der Waals surface area contributed by atoms with Crippen LogP contribution < -0.4 is 5.73 Å². The van der Waals surface area contributed by atoms with Crippen molar-refractivity contribution in [1.82, 2.24) is 24.6 Å². The van der Waals surface area contributed by atoms with Gasteiger partial charge in [-0.2, -0.15) is 4.98 Å². The molecule has 2 heterocycles. The summed E-state index contributed by atoms with van der Waals surface area (Å²) >= 11 is 1.27. The molecule has 8 heteroatoms. The maximum atomic E-state index is 6.16. The van der Waals surface area contributed by atoms with Crippen LogP contribution in [0.5, 0.6) is 0 Å². The van der Waals surface area contributed by atoms with Crippen molar-refractivity contribution in [1.29, 1.82) is 0 Å². The van der Waals surface area contributed by atoms with E-state index in [2.05, 4.69) is 52.3 Å². The van der Waals surface area contributed by atoms with Crippen LogP contribution in [0.1, 0.15) is 51.2 Å². The van der Waals surface area contributed by atoms with Gasteiger partial charge in [0, 0.05) is 6.54 Å². The quantitative estimate of drug-likeness (QED) is 0.836. The largest absolute Gasteiger partial charge is 0.333 e. The molecule has 0 aromatic carbocycles. The topological polar surface area (TPSA) is 94.0 Å². The van der Waals surface area contributed by atoms with E-state index in [9.17, 15) is 0 Å². The molecular weight excluding hydrogens is 288 g/mol. The highest BCUT2D eigenvalue weighted by molar-refractivity contribution is 7.09. The van der Waals surface area contributed by atoms with Crippen LogP contribution in [0.2, 0.25) is 0 Å². The van der Waals surface area contributed by atoms with Gasteiger partial charge in [-0.15, -0.1) is 5.10 Å². The normalized spacial score (nSPS) is 13.3. The molecule has 0 fully saturated rings. The lowest BCUT2D eigenvalue weighted by molar-refractivity contribution is 0.278. The van der Waals surface area contributed by atoms with Gasteiger partial charge in [0.05, 0.1) is 11.7 Å². The number of nitrogens with two attached hydrogens (primary N) is 1. The Labute approximate surface area is 128 Å². The molecule has 7 nitrogen and oxygen atoms in total. The monoisotopic (exact) mass is 310 g/mol. The molecule has 1 unspecified atom stereocenters. The second kappa shape index (κ2) is 7.06. The Balaban J connectivity index is 2.16. The summed E-state index contributed by atoms with van der Waals surface area (Å²) in [7, 11) is 0. The molecule has 0 aliphatic heterocycles. The van der Waals surface area contributed by atoms with Gasteiger partial charge in [0.1, 0.15) is 4.88 Å². The van der Waals surface area contributed by atoms with E-state index >= 15 is 0 Å². The number of nitrogens with zero attached hydrogens (tertiary/aromatic N) is 5. The van der Waals surface area contributed by atoms with Gasteiger partial charge in [-0.25, -0.2) is 0 Å². The van der Waals surface area contributed by atoms with E-state index in [-0.39, 0.29) is 12.0 Å². The summed E-state index contributed by atoms with van der Waals surface area (Å²) < 4.78 is 9.31. The van der Waals surface area contributed by atoms with Crippen molar-refractivity contribution >= 4 is 11.5 Å². The van der Waals surface area contributed by atoms with E-state index in [1.807, 2.05) is 0 Å². The summed E-state index contributed by atoms with van der Waals surface area (Å²) in [5.74, 6) is 1.25. The minimum Gasteiger partial charge on any atom is -0.333 e. The van der Waals surface area contributed by atoms with Crippen LogP contribution in [0.25, 0.3) is 10.8 Å². The summed E-state index contributed by atoms with van der Waals surface area (Å²) in [6.45, 7) is 10.9. The molecule has 0 amide bonds. The lowest BCUT2D eigenvalue weighted by atomic mass is 10.1. The maximum Gasteiger partial charge on any atom is 0.271 e. The first-order valence-electron chi connectivity index (χ1n) is 7.20. The van der Waals surface area contributed by atoms with E-state index < -0.39 is 0 Å². The van der Waals surface area contributed by atoms with Gasteiger partial charge in [-0.05, 0) is 30.5 Å². The Morgan fingerprint density at radius 1 is 1.29 bits per heavy atom. The van der Waals surface area contributed by atoms with E-state index in [0.29, 0.717) is 18.3 Å². The molecule has 0 saturated heterocycles. The maximum absolute atomic E-state index is 6.16. The molecule has 2 rings (SSSR count). The Morgan fingerprint density at radius 3 is 2.62 bits per heavy atom. The predicted molar refractivity (Wildman–Crippen MR) is 82.0 cm³/mol. The first-order valence-corrected chi connectivity index (χ1v) is 7.98. The number of rotatable bonds is 7. The fourth-order valence-corrected chi connectivity index (χ4v) is 2.78. The van der Waals surface area contributed by atoms with Gasteiger partial charge >= 0.3 is 0 Å². The van der Waals surface area contributed by atoms with E-state index in [4.69, 9.17) is 10.3 Å². The smallest absolute Gasteiger partial charge is 0.271 e. The Kier molecular flexibility index (Phi) is 5.38. The molecule has 0 aliphatic carbocycles. The summed E-state index contributed by atoms with van der Waals surface area (Å²) in [6, 6.07) is -0.259. The Hall–Kier alpha value is -1.38. The van der Waals surface area contributed by atoms with Crippen molar-refractivity contribution in [2.75, 3.05) is 19.6 Å². The first-order chi connectivity index (χ1) is 10.1. The number of likely N-dealkylation sites (N-methyl/N-ethyl adjacent to an activating group) is 1. The highest BCUT2D eigenvalue weighted by Gasteiger charge is 2.22. The third-order valence-electron chi connectivity index (χ3n) is 3.38. The van der Waals surface area contributed by atoms with Gasteiger partial charge in [-0.1, -0.05) is 37.3 Å². The molecular formula is C13H22N6OS. The van der Waals surface area contributed by atoms with E-state index in [1.165, 1.54) is 11.5 Å². The fourth-order valence-electron chi connectivity index (χ4n) is 2.04. The standard InChI is InChI=1S/C13H22N6OS/c1-5-19(6-2)7-9(14)12-15-13(20-17-12)11-10(8(3)4)16-18-21-11/h8-9H,5-7,14H2,1-4H3. The predicted octanol–water partition coefficient (Wildman–Crippen LogP) is 2.05. The average molecular weight is 310 g/mol. The second-order valence-electron chi connectivity index (χ2n) is 5.19. The Morgan fingerprint density at radius 2 is 2.00 bits per heavy atom. The fraction of sp³-hybridized carbons (Fsp3) is 0.692. The molecule has 2 aromatic heterocycles. The summed E-state index contributed by atoms with van der Waals surface area (Å²) in [4.78, 5) is 7.48. The number of hydrogen-bond donors (Lipinski definition) is 1. The average Bonchev–Trinajstić information content (AvgIpc) is 3.11. The number of aromatic nitrogens is 4. The molecule has 0 aliphatic rings. The van der Waals surface area contributed by atoms with Crippen molar-refractivity contribution in [3.8, 4) is 10.8 Å². The van der Waals surface area contributed by atoms with E-state index in [1.54, 1.807) is 0 Å². The van der Waals surface area contributed by atoms with Gasteiger partial charge in [0.15, 0.2) is 5.82 Å². The van der Waals surface area contributed by atoms with Crippen molar-refractivity contribution in [3.05, 3.63) is 11.5 Å². The second-order valence-corrected chi connectivity index (χ2v) is 5.95. The summed E-state index contributed by atoms with van der Waals surface area (Å²) in [5, 5.41) is 8.13. The van der Waals surface area contributed by atoms with Gasteiger partial charge in [0.2, 0.25) is 0 Å². The zero-order valence-electron chi connectivity index (χ0n) is 12.9. The van der Waals surface area contributed by atoms with Crippen LogP contribution in [-0.4, -0.2) is 44.3 Å². The summed E-state index contributed by atoms with van der Waals surface area (Å²) in [6.07, 6.45) is 0. The highest BCUT2D eigenvalue weighted by atomic mass is 32.1. The van der Waals surface area contributed by atoms with Gasteiger partial charge < -0.3 is 15.2 Å². The molecule has 0 bridgehead atoms. The lowest BCUT2D eigenvalue weighted by Crippen LogP contribution is -2.32. The molecule has 0 saturated carbocycles. The van der Waals surface area contributed by atoms with Crippen LogP contribution in [-0.2, 0) is 0 Å². The minimum absolute atomic E-state index is 0.259. The van der Waals surface area contributed by atoms with Crippen molar-refractivity contribution in [2.24, 2.45) is 5.73 Å². The highest BCUT2D eigenvalue weighted by Crippen LogP contribution is 2.29. The molecule has 0 spiro atoms. The van der Waals surface area contributed by atoms with Crippen molar-refractivity contribution in [3.63, 3.8) is 0 Å². The third-order valence-corrected chi connectivity index (χ3v) is 4.11. The number of hydrogen-bond acceptors (Lipinski definition) is 8. The lowest BCUT2D eigenvalue weighted by Gasteiger charge is -2.20. The van der Waals surface area contributed by atoms with Crippen LogP contribution in [0.4, 0.5) is 0 Å². The van der Waals surface area contributed by atoms with Crippen LogP contribution >= 0.6 is 11.5 Å². The zero-order valence-corrected chi connectivity index (χ0v) is 13.7. The molecule has 2 aromatic rings. The molecule has 116 valence electrons. The molecule has 1 atom stereocenters. The Bertz CT molecular complexity index is 563. The van der Waals surface area contributed by atoms with Crippen LogP contribution in [0.15, 0.2) is 4.52 Å². The van der Waals surface area contributed by atoms with E-state index in [0.717, 1.165) is 23.7 Å². The molecule has 2 N–H and O–H groups in total. The summed E-state index contributed by atoms with van der Waals surface area (Å²) in [5.41, 5.74) is 7.04. The SMILES string of the molecule is CCN(CC)CC(N)c1noc(-c2snnc2C(C)C)n1. The van der Waals surface area contributed by atoms with Gasteiger partial charge in [0.25, 0.3) is 5.89 Å². The van der Waals surface area contributed by atoms with Crippen LogP contribution in [0.3, 0.4) is 0 Å². The van der Waals surface area contributed by atoms with Crippen molar-refractivity contribution < 1.29 is 4.52 Å². The zero-order chi connectivity index (χ0) is 15.4. The molecule has 0 radical (unpaired) electrons.